The van der Waals surface area contributed by atoms with Crippen LogP contribution in [0, 0.1) is 0 Å². The standard InChI is InChI=1S/C12H19N5O3/c1-4-11(18)13-7-10-8-16(15-14-10)5-6-17(2,3)9-12(19)20/h4,8H,1,5-7,9H2,2-3H3,(H-,13,18,19,20). The summed E-state index contributed by atoms with van der Waals surface area (Å²) in [5.74, 6) is -1.35. The van der Waals surface area contributed by atoms with Gasteiger partial charge in [0, 0.05) is 0 Å². The van der Waals surface area contributed by atoms with Crippen LogP contribution in [0.25, 0.3) is 0 Å². The first-order chi connectivity index (χ1) is 9.32. The molecule has 0 saturated carbocycles. The fraction of sp³-hybridized carbons (Fsp3) is 0.500. The van der Waals surface area contributed by atoms with E-state index in [0.717, 1.165) is 0 Å². The van der Waals surface area contributed by atoms with Crippen molar-refractivity contribution in [2.45, 2.75) is 13.1 Å². The van der Waals surface area contributed by atoms with Crippen LogP contribution < -0.4 is 10.4 Å². The van der Waals surface area contributed by atoms with Crippen molar-refractivity contribution in [3.8, 4) is 0 Å². The maximum Gasteiger partial charge on any atom is 0.243 e. The summed E-state index contributed by atoms with van der Waals surface area (Å²) in [5.41, 5.74) is 0.630. The van der Waals surface area contributed by atoms with Gasteiger partial charge in [-0.3, -0.25) is 4.79 Å². The Hall–Kier alpha value is -2.22. The molecule has 0 spiro atoms. The minimum absolute atomic E-state index is 0.0586. The molecular formula is C12H19N5O3. The first-order valence-corrected chi connectivity index (χ1v) is 6.13. The van der Waals surface area contributed by atoms with Crippen LogP contribution in [-0.2, 0) is 22.7 Å². The number of carbonyl (C=O) groups is 2. The van der Waals surface area contributed by atoms with E-state index in [0.29, 0.717) is 23.3 Å². The molecule has 0 aliphatic rings. The molecule has 0 unspecified atom stereocenters. The number of aliphatic carboxylic acids is 1. The second kappa shape index (κ2) is 6.80. The van der Waals surface area contributed by atoms with Crippen LogP contribution in [0.2, 0.25) is 0 Å². The molecule has 0 aliphatic carbocycles. The summed E-state index contributed by atoms with van der Waals surface area (Å²) in [6.07, 6.45) is 2.90. The van der Waals surface area contributed by atoms with Gasteiger partial charge in [-0.05, 0) is 6.08 Å². The van der Waals surface area contributed by atoms with Crippen molar-refractivity contribution in [2.75, 3.05) is 27.2 Å². The first kappa shape index (κ1) is 15.8. The number of hydrogen-bond donors (Lipinski definition) is 1. The molecule has 1 amide bonds. The predicted octanol–water partition coefficient (Wildman–Crippen LogP) is -2.09. The lowest BCUT2D eigenvalue weighted by molar-refractivity contribution is -0.885. The van der Waals surface area contributed by atoms with E-state index in [1.165, 1.54) is 6.08 Å². The summed E-state index contributed by atoms with van der Waals surface area (Å²) < 4.78 is 1.91. The van der Waals surface area contributed by atoms with Crippen LogP contribution >= 0.6 is 0 Å². The molecule has 1 N–H and O–H groups in total. The Labute approximate surface area is 117 Å². The van der Waals surface area contributed by atoms with Gasteiger partial charge in [0.25, 0.3) is 0 Å². The van der Waals surface area contributed by atoms with Gasteiger partial charge in [-0.1, -0.05) is 11.8 Å². The van der Waals surface area contributed by atoms with Crippen molar-refractivity contribution in [2.24, 2.45) is 0 Å². The Bertz CT molecular complexity index is 495. The van der Waals surface area contributed by atoms with Gasteiger partial charge in [-0.15, -0.1) is 5.10 Å². The van der Waals surface area contributed by atoms with Gasteiger partial charge in [-0.2, -0.15) is 0 Å². The number of nitrogens with one attached hydrogen (secondary N) is 1. The minimum Gasteiger partial charge on any atom is -0.544 e. The van der Waals surface area contributed by atoms with E-state index < -0.39 is 5.97 Å². The second-order valence-electron chi connectivity index (χ2n) is 5.08. The number of nitrogens with zero attached hydrogens (tertiary/aromatic N) is 4. The Balaban J connectivity index is 2.46. The Kier molecular flexibility index (Phi) is 5.39. The minimum atomic E-state index is -1.08. The van der Waals surface area contributed by atoms with E-state index in [1.807, 2.05) is 0 Å². The van der Waals surface area contributed by atoms with Crippen molar-refractivity contribution < 1.29 is 19.2 Å². The quantitative estimate of drug-likeness (QED) is 0.435. The highest BCUT2D eigenvalue weighted by atomic mass is 16.4. The number of rotatable bonds is 8. The fourth-order valence-electron chi connectivity index (χ4n) is 1.58. The van der Waals surface area contributed by atoms with Gasteiger partial charge in [-0.25, -0.2) is 4.68 Å². The zero-order valence-corrected chi connectivity index (χ0v) is 11.7. The number of carboxylic acids is 1. The molecule has 1 aromatic rings. The highest BCUT2D eigenvalue weighted by Gasteiger charge is 2.15. The predicted molar refractivity (Wildman–Crippen MR) is 68.9 cm³/mol. The van der Waals surface area contributed by atoms with E-state index in [-0.39, 0.29) is 19.0 Å². The van der Waals surface area contributed by atoms with Crippen LogP contribution in [0.1, 0.15) is 5.69 Å². The zero-order valence-electron chi connectivity index (χ0n) is 11.7. The Morgan fingerprint density at radius 3 is 2.85 bits per heavy atom. The molecule has 0 aliphatic heterocycles. The number of amides is 1. The van der Waals surface area contributed by atoms with Crippen LogP contribution in [0.4, 0.5) is 0 Å². The highest BCUT2D eigenvalue weighted by molar-refractivity contribution is 5.86. The van der Waals surface area contributed by atoms with Gasteiger partial charge in [0.2, 0.25) is 5.91 Å². The molecule has 1 heterocycles. The van der Waals surface area contributed by atoms with Crippen LogP contribution in [0.5, 0.6) is 0 Å². The molecule has 8 heteroatoms. The number of quaternary nitrogens is 1. The van der Waals surface area contributed by atoms with Crippen molar-refractivity contribution in [1.82, 2.24) is 20.3 Å². The third-order valence-electron chi connectivity index (χ3n) is 2.71. The van der Waals surface area contributed by atoms with Gasteiger partial charge in [0.15, 0.2) is 0 Å². The lowest BCUT2D eigenvalue weighted by Gasteiger charge is -2.29. The van der Waals surface area contributed by atoms with E-state index >= 15 is 0 Å². The van der Waals surface area contributed by atoms with Crippen LogP contribution in [-0.4, -0.2) is 58.5 Å². The molecule has 0 saturated heterocycles. The SMILES string of the molecule is C=CC(=O)NCc1cn(CC[N+](C)(C)CC(=O)[O-])nn1. The Morgan fingerprint density at radius 1 is 1.55 bits per heavy atom. The molecule has 0 bridgehead atoms. The van der Waals surface area contributed by atoms with Crippen molar-refractivity contribution in [1.29, 1.82) is 0 Å². The number of carbonyl (C=O) groups excluding carboxylic acids is 2. The van der Waals surface area contributed by atoms with Crippen LogP contribution in [0.15, 0.2) is 18.9 Å². The fourth-order valence-corrected chi connectivity index (χ4v) is 1.58. The summed E-state index contributed by atoms with van der Waals surface area (Å²) in [6, 6.07) is 0. The number of aromatic nitrogens is 3. The smallest absolute Gasteiger partial charge is 0.243 e. The van der Waals surface area contributed by atoms with Gasteiger partial charge in [0.05, 0.1) is 45.9 Å². The molecule has 1 rings (SSSR count). The van der Waals surface area contributed by atoms with Crippen molar-refractivity contribution >= 4 is 11.9 Å². The molecule has 0 atom stereocenters. The normalized spacial score (nSPS) is 11.1. The number of carboxylic acid groups (broad SMARTS) is 1. The monoisotopic (exact) mass is 281 g/mol. The molecule has 20 heavy (non-hydrogen) atoms. The van der Waals surface area contributed by atoms with Crippen LogP contribution in [0.3, 0.4) is 0 Å². The lowest BCUT2D eigenvalue weighted by Crippen LogP contribution is -2.49. The first-order valence-electron chi connectivity index (χ1n) is 6.13. The molecule has 1 aromatic heterocycles. The van der Waals surface area contributed by atoms with E-state index in [1.54, 1.807) is 25.0 Å². The summed E-state index contributed by atoms with van der Waals surface area (Å²) in [6.45, 7) is 4.68. The average molecular weight is 281 g/mol. The summed E-state index contributed by atoms with van der Waals surface area (Å²) in [4.78, 5) is 21.6. The second-order valence-corrected chi connectivity index (χ2v) is 5.08. The highest BCUT2D eigenvalue weighted by Crippen LogP contribution is 1.99. The summed E-state index contributed by atoms with van der Waals surface area (Å²) in [5, 5.41) is 21.0. The third kappa shape index (κ3) is 5.61. The molecule has 0 aromatic carbocycles. The Morgan fingerprint density at radius 2 is 2.25 bits per heavy atom. The van der Waals surface area contributed by atoms with Crippen molar-refractivity contribution in [3.05, 3.63) is 24.5 Å². The summed E-state index contributed by atoms with van der Waals surface area (Å²) in [7, 11) is 3.61. The largest absolute Gasteiger partial charge is 0.544 e. The van der Waals surface area contributed by atoms with Gasteiger partial charge >= 0.3 is 0 Å². The maximum absolute atomic E-state index is 11.0. The molecule has 0 fully saturated rings. The molecular weight excluding hydrogens is 262 g/mol. The zero-order chi connectivity index (χ0) is 15.2. The van der Waals surface area contributed by atoms with Gasteiger partial charge in [0.1, 0.15) is 12.2 Å². The average Bonchev–Trinajstić information content (AvgIpc) is 2.80. The van der Waals surface area contributed by atoms with E-state index in [2.05, 4.69) is 22.2 Å². The molecule has 110 valence electrons. The maximum atomic E-state index is 11.0. The van der Waals surface area contributed by atoms with Gasteiger partial charge < -0.3 is 19.7 Å². The number of likely N-dealkylation sites (N-methyl/N-ethyl adjacent to an activating group) is 1. The van der Waals surface area contributed by atoms with E-state index in [4.69, 9.17) is 0 Å². The topological polar surface area (TPSA) is 99.9 Å². The molecule has 8 nitrogen and oxygen atoms in total. The summed E-state index contributed by atoms with van der Waals surface area (Å²) >= 11 is 0. The lowest BCUT2D eigenvalue weighted by atomic mass is 10.4. The number of hydrogen-bond acceptors (Lipinski definition) is 5. The third-order valence-corrected chi connectivity index (χ3v) is 2.71. The van der Waals surface area contributed by atoms with E-state index in [9.17, 15) is 14.7 Å². The van der Waals surface area contributed by atoms with Crippen molar-refractivity contribution in [3.63, 3.8) is 0 Å². The molecule has 0 radical (unpaired) electrons.